The van der Waals surface area contributed by atoms with Crippen molar-refractivity contribution in [2.45, 2.75) is 51.4 Å². The molecule has 0 heterocycles. The van der Waals surface area contributed by atoms with Crippen LogP contribution < -0.4 is 0 Å². The van der Waals surface area contributed by atoms with Crippen molar-refractivity contribution in [1.82, 2.24) is 0 Å². The second kappa shape index (κ2) is 5.38. The molecular formula is C28H28. The summed E-state index contributed by atoms with van der Waals surface area (Å²) in [5, 5.41) is 0. The SMILES string of the molecule is C[C@@H]1c2ccccc2C2(c3ccccc3-c3ccc4c(c32)[C@@H](C)[C@@H](C)C4)[C@@H]1C. The smallest absolute Gasteiger partial charge is 0.0500 e. The predicted molar refractivity (Wildman–Crippen MR) is 117 cm³/mol. The van der Waals surface area contributed by atoms with Crippen molar-refractivity contribution in [3.05, 3.63) is 94.0 Å². The van der Waals surface area contributed by atoms with Gasteiger partial charge in [0.1, 0.15) is 0 Å². The molecule has 0 nitrogen and oxygen atoms in total. The van der Waals surface area contributed by atoms with E-state index in [1.165, 1.54) is 23.1 Å². The zero-order valence-corrected chi connectivity index (χ0v) is 17.3. The minimum Gasteiger partial charge on any atom is -0.0620 e. The lowest BCUT2D eigenvalue weighted by atomic mass is 9.65. The number of hydrogen-bond donors (Lipinski definition) is 0. The Morgan fingerprint density at radius 1 is 0.714 bits per heavy atom. The van der Waals surface area contributed by atoms with E-state index in [0.717, 1.165) is 5.92 Å². The largest absolute Gasteiger partial charge is 0.0620 e. The first-order valence-electron chi connectivity index (χ1n) is 10.9. The van der Waals surface area contributed by atoms with E-state index in [0.29, 0.717) is 17.8 Å². The van der Waals surface area contributed by atoms with Gasteiger partial charge in [-0.05, 0) is 74.6 Å². The van der Waals surface area contributed by atoms with Gasteiger partial charge < -0.3 is 0 Å². The quantitative estimate of drug-likeness (QED) is 0.401. The van der Waals surface area contributed by atoms with Crippen LogP contribution in [0.4, 0.5) is 0 Å². The summed E-state index contributed by atoms with van der Waals surface area (Å²) in [6.07, 6.45) is 1.22. The molecule has 0 bridgehead atoms. The molecule has 0 saturated carbocycles. The van der Waals surface area contributed by atoms with Crippen LogP contribution in [0.5, 0.6) is 0 Å². The molecule has 0 N–H and O–H groups in total. The minimum absolute atomic E-state index is 0.00556. The first-order chi connectivity index (χ1) is 13.6. The maximum atomic E-state index is 2.50. The first kappa shape index (κ1) is 16.6. The van der Waals surface area contributed by atoms with Crippen LogP contribution in [0.3, 0.4) is 0 Å². The van der Waals surface area contributed by atoms with E-state index in [1.807, 2.05) is 0 Å². The van der Waals surface area contributed by atoms with Crippen molar-refractivity contribution in [2.24, 2.45) is 11.8 Å². The van der Waals surface area contributed by atoms with Crippen molar-refractivity contribution >= 4 is 0 Å². The van der Waals surface area contributed by atoms with Crippen molar-refractivity contribution in [2.75, 3.05) is 0 Å². The molecule has 0 heteroatoms. The van der Waals surface area contributed by atoms with Gasteiger partial charge in [0.2, 0.25) is 0 Å². The molecule has 0 aliphatic heterocycles. The molecule has 3 aliphatic carbocycles. The predicted octanol–water partition coefficient (Wildman–Crippen LogP) is 7.05. The molecule has 6 rings (SSSR count). The van der Waals surface area contributed by atoms with E-state index >= 15 is 0 Å². The highest BCUT2D eigenvalue weighted by molar-refractivity contribution is 5.87. The Labute approximate surface area is 168 Å². The van der Waals surface area contributed by atoms with Gasteiger partial charge in [-0.1, -0.05) is 88.4 Å². The van der Waals surface area contributed by atoms with E-state index < -0.39 is 0 Å². The standard InChI is InChI=1S/C28H28/c1-16-15-20-13-14-23-22-10-6-8-12-25(22)28(27(23)26(20)17(16)2)19(4)18(3)21-9-5-7-11-24(21)28/h5-14,16-19H,15H2,1-4H3/t16-,17-,18-,19+,28?/m0/s1. The fraction of sp³-hybridized carbons (Fsp3) is 0.357. The number of fused-ring (bicyclic) bond motifs is 9. The van der Waals surface area contributed by atoms with Gasteiger partial charge >= 0.3 is 0 Å². The summed E-state index contributed by atoms with van der Waals surface area (Å²) in [4.78, 5) is 0. The summed E-state index contributed by atoms with van der Waals surface area (Å²) in [6.45, 7) is 9.83. The van der Waals surface area contributed by atoms with Crippen molar-refractivity contribution in [3.8, 4) is 11.1 Å². The Bertz CT molecular complexity index is 1120. The molecule has 1 spiro atoms. The summed E-state index contributed by atoms with van der Waals surface area (Å²) in [6, 6.07) is 23.4. The molecule has 1 unspecified atom stereocenters. The monoisotopic (exact) mass is 364 g/mol. The second-order valence-corrected chi connectivity index (χ2v) is 9.55. The van der Waals surface area contributed by atoms with Crippen LogP contribution >= 0.6 is 0 Å². The number of hydrogen-bond acceptors (Lipinski definition) is 0. The third-order valence-electron chi connectivity index (χ3n) is 8.53. The second-order valence-electron chi connectivity index (χ2n) is 9.55. The van der Waals surface area contributed by atoms with Gasteiger partial charge in [-0.2, -0.15) is 0 Å². The molecule has 28 heavy (non-hydrogen) atoms. The van der Waals surface area contributed by atoms with Crippen molar-refractivity contribution in [3.63, 3.8) is 0 Å². The number of benzene rings is 3. The number of rotatable bonds is 0. The fourth-order valence-electron chi connectivity index (χ4n) is 6.91. The van der Waals surface area contributed by atoms with Gasteiger partial charge in [0.05, 0.1) is 5.41 Å². The van der Waals surface area contributed by atoms with Crippen LogP contribution in [0.15, 0.2) is 60.7 Å². The highest BCUT2D eigenvalue weighted by Gasteiger charge is 2.56. The lowest BCUT2D eigenvalue weighted by Crippen LogP contribution is -2.33. The summed E-state index contributed by atoms with van der Waals surface area (Å²) >= 11 is 0. The molecule has 0 aromatic heterocycles. The Hall–Kier alpha value is -2.34. The highest BCUT2D eigenvalue weighted by atomic mass is 14.6. The molecule has 3 aromatic carbocycles. The van der Waals surface area contributed by atoms with Gasteiger partial charge in [0, 0.05) is 0 Å². The summed E-state index contributed by atoms with van der Waals surface area (Å²) in [5.41, 5.74) is 12.5. The zero-order valence-electron chi connectivity index (χ0n) is 17.3. The van der Waals surface area contributed by atoms with Crippen LogP contribution in [0, 0.1) is 11.8 Å². The fourth-order valence-corrected chi connectivity index (χ4v) is 6.91. The van der Waals surface area contributed by atoms with Gasteiger partial charge in [-0.15, -0.1) is 0 Å². The lowest BCUT2D eigenvalue weighted by molar-refractivity contribution is 0.396. The van der Waals surface area contributed by atoms with Gasteiger partial charge in [-0.25, -0.2) is 0 Å². The van der Waals surface area contributed by atoms with E-state index in [-0.39, 0.29) is 5.41 Å². The Kier molecular flexibility index (Phi) is 3.19. The van der Waals surface area contributed by atoms with E-state index in [9.17, 15) is 0 Å². The zero-order chi connectivity index (χ0) is 19.2. The lowest BCUT2D eigenvalue weighted by Gasteiger charge is -2.37. The third-order valence-corrected chi connectivity index (χ3v) is 8.53. The van der Waals surface area contributed by atoms with Gasteiger partial charge in [-0.3, -0.25) is 0 Å². The van der Waals surface area contributed by atoms with E-state index in [2.05, 4.69) is 88.4 Å². The first-order valence-corrected chi connectivity index (χ1v) is 10.9. The van der Waals surface area contributed by atoms with Gasteiger partial charge in [0.25, 0.3) is 0 Å². The topological polar surface area (TPSA) is 0 Å². The Morgan fingerprint density at radius 3 is 2.25 bits per heavy atom. The third kappa shape index (κ3) is 1.70. The Morgan fingerprint density at radius 2 is 1.43 bits per heavy atom. The molecule has 0 fully saturated rings. The summed E-state index contributed by atoms with van der Waals surface area (Å²) in [5.74, 6) is 2.49. The van der Waals surface area contributed by atoms with Gasteiger partial charge in [0.15, 0.2) is 0 Å². The van der Waals surface area contributed by atoms with Crippen LogP contribution in [0.25, 0.3) is 11.1 Å². The molecule has 0 radical (unpaired) electrons. The molecule has 5 atom stereocenters. The molecule has 0 amide bonds. The average Bonchev–Trinajstić information content (AvgIpc) is 3.27. The maximum absolute atomic E-state index is 2.50. The maximum Gasteiger partial charge on any atom is 0.0500 e. The molecule has 3 aliphatic rings. The molecule has 3 aromatic rings. The van der Waals surface area contributed by atoms with E-state index in [4.69, 9.17) is 0 Å². The van der Waals surface area contributed by atoms with Crippen molar-refractivity contribution < 1.29 is 0 Å². The van der Waals surface area contributed by atoms with Crippen molar-refractivity contribution in [1.29, 1.82) is 0 Å². The van der Waals surface area contributed by atoms with Crippen LogP contribution in [0.1, 0.15) is 72.9 Å². The molecule has 140 valence electrons. The van der Waals surface area contributed by atoms with Crippen LogP contribution in [-0.2, 0) is 11.8 Å². The van der Waals surface area contributed by atoms with Crippen LogP contribution in [-0.4, -0.2) is 0 Å². The summed E-state index contributed by atoms with van der Waals surface area (Å²) < 4.78 is 0. The highest BCUT2D eigenvalue weighted by Crippen LogP contribution is 2.66. The normalized spacial score (nSPS) is 31.6. The summed E-state index contributed by atoms with van der Waals surface area (Å²) in [7, 11) is 0. The van der Waals surface area contributed by atoms with E-state index in [1.54, 1.807) is 27.8 Å². The van der Waals surface area contributed by atoms with Crippen LogP contribution in [0.2, 0.25) is 0 Å². The average molecular weight is 365 g/mol. The Balaban J connectivity index is 1.80. The molecule has 0 saturated heterocycles. The molecular weight excluding hydrogens is 336 g/mol. The minimum atomic E-state index is 0.00556.